The molecule has 9 heteroatoms. The van der Waals surface area contributed by atoms with Crippen molar-refractivity contribution in [2.75, 3.05) is 18.5 Å². The maximum Gasteiger partial charge on any atom is 0.293 e. The molecule has 0 spiro atoms. The summed E-state index contributed by atoms with van der Waals surface area (Å²) in [6.45, 7) is 4.19. The van der Waals surface area contributed by atoms with Gasteiger partial charge in [0.25, 0.3) is 17.1 Å². The molecule has 3 aromatic rings. The summed E-state index contributed by atoms with van der Waals surface area (Å²) in [4.78, 5) is 39.3. The van der Waals surface area contributed by atoms with Gasteiger partial charge in [-0.3, -0.25) is 19.3 Å². The standard InChI is InChI=1S/C28H25BrN2O5S/c1-3-35-24-14-20(9-12-23(24)36-17-26(32)30-22-6-4-5-18(2)13-22)15-25-27(33)31(28(34)37-25)16-19-7-10-21(29)11-8-19/h4-15H,3,16-17H2,1-2H3,(H,30,32)/b25-15-. The first kappa shape index (κ1) is 26.5. The Hall–Kier alpha value is -3.56. The number of benzene rings is 3. The van der Waals surface area contributed by atoms with Crippen LogP contribution in [0.15, 0.2) is 76.1 Å². The van der Waals surface area contributed by atoms with Crippen molar-refractivity contribution in [3.63, 3.8) is 0 Å². The second kappa shape index (κ2) is 12.1. The minimum absolute atomic E-state index is 0.192. The smallest absolute Gasteiger partial charge is 0.293 e. The number of anilines is 1. The molecule has 0 aromatic heterocycles. The van der Waals surface area contributed by atoms with E-state index >= 15 is 0 Å². The number of rotatable bonds is 9. The third kappa shape index (κ3) is 7.02. The van der Waals surface area contributed by atoms with Gasteiger partial charge in [-0.15, -0.1) is 0 Å². The van der Waals surface area contributed by atoms with Crippen LogP contribution in [-0.4, -0.2) is 35.2 Å². The highest BCUT2D eigenvalue weighted by Crippen LogP contribution is 2.35. The lowest BCUT2D eigenvalue weighted by molar-refractivity contribution is -0.123. The molecule has 0 bridgehead atoms. The van der Waals surface area contributed by atoms with Crippen molar-refractivity contribution in [3.05, 3.63) is 92.8 Å². The van der Waals surface area contributed by atoms with Gasteiger partial charge in [-0.25, -0.2) is 0 Å². The monoisotopic (exact) mass is 580 g/mol. The summed E-state index contributed by atoms with van der Waals surface area (Å²) in [6, 6.07) is 20.1. The van der Waals surface area contributed by atoms with Gasteiger partial charge in [0, 0.05) is 10.2 Å². The fraction of sp³-hybridized carbons (Fsp3) is 0.179. The van der Waals surface area contributed by atoms with Gasteiger partial charge in [0.15, 0.2) is 18.1 Å². The Labute approximate surface area is 228 Å². The van der Waals surface area contributed by atoms with Crippen molar-refractivity contribution in [1.82, 2.24) is 4.90 Å². The maximum absolute atomic E-state index is 12.9. The van der Waals surface area contributed by atoms with Crippen LogP contribution < -0.4 is 14.8 Å². The number of amides is 3. The van der Waals surface area contributed by atoms with Crippen LogP contribution in [0.5, 0.6) is 11.5 Å². The van der Waals surface area contributed by atoms with Gasteiger partial charge in [-0.05, 0) is 84.8 Å². The second-order valence-electron chi connectivity index (χ2n) is 8.24. The molecule has 1 aliphatic heterocycles. The Bertz CT molecular complexity index is 1360. The Morgan fingerprint density at radius 2 is 1.81 bits per heavy atom. The molecule has 0 aliphatic carbocycles. The average molecular weight is 581 g/mol. The van der Waals surface area contributed by atoms with Crippen molar-refractivity contribution in [3.8, 4) is 11.5 Å². The highest BCUT2D eigenvalue weighted by atomic mass is 79.9. The molecule has 0 unspecified atom stereocenters. The van der Waals surface area contributed by atoms with Gasteiger partial charge in [0.2, 0.25) is 0 Å². The van der Waals surface area contributed by atoms with Crippen molar-refractivity contribution < 1.29 is 23.9 Å². The van der Waals surface area contributed by atoms with Crippen molar-refractivity contribution >= 4 is 56.5 Å². The van der Waals surface area contributed by atoms with Gasteiger partial charge in [0.05, 0.1) is 18.1 Å². The van der Waals surface area contributed by atoms with E-state index < -0.39 is 0 Å². The Balaban J connectivity index is 1.44. The molecule has 1 heterocycles. The van der Waals surface area contributed by atoms with Gasteiger partial charge in [0.1, 0.15) is 0 Å². The fourth-order valence-corrected chi connectivity index (χ4v) is 4.73. The molecule has 0 radical (unpaired) electrons. The van der Waals surface area contributed by atoms with Gasteiger partial charge in [-0.1, -0.05) is 46.3 Å². The van der Waals surface area contributed by atoms with Crippen molar-refractivity contribution in [2.24, 2.45) is 0 Å². The van der Waals surface area contributed by atoms with Crippen LogP contribution in [0.25, 0.3) is 6.08 Å². The number of ether oxygens (including phenoxy) is 2. The number of halogens is 1. The topological polar surface area (TPSA) is 84.9 Å². The van der Waals surface area contributed by atoms with E-state index in [9.17, 15) is 14.4 Å². The van der Waals surface area contributed by atoms with E-state index in [1.54, 1.807) is 24.3 Å². The third-order valence-electron chi connectivity index (χ3n) is 5.35. The number of aryl methyl sites for hydroxylation is 1. The van der Waals surface area contributed by atoms with E-state index in [0.717, 1.165) is 27.4 Å². The molecule has 3 amide bonds. The lowest BCUT2D eigenvalue weighted by Crippen LogP contribution is -2.27. The quantitative estimate of drug-likeness (QED) is 0.294. The number of imide groups is 1. The summed E-state index contributed by atoms with van der Waals surface area (Å²) in [5.74, 6) is 0.205. The Morgan fingerprint density at radius 1 is 1.03 bits per heavy atom. The zero-order chi connectivity index (χ0) is 26.4. The number of carbonyl (C=O) groups is 3. The van der Waals surface area contributed by atoms with Crippen LogP contribution >= 0.6 is 27.7 Å². The molecule has 37 heavy (non-hydrogen) atoms. The summed E-state index contributed by atoms with van der Waals surface area (Å²) in [5.41, 5.74) is 3.27. The number of nitrogens with zero attached hydrogens (tertiary/aromatic N) is 1. The van der Waals surface area contributed by atoms with Crippen LogP contribution in [0.4, 0.5) is 10.5 Å². The first-order valence-corrected chi connectivity index (χ1v) is 13.2. The van der Waals surface area contributed by atoms with E-state index in [0.29, 0.717) is 34.3 Å². The number of carbonyl (C=O) groups excluding carboxylic acids is 3. The van der Waals surface area contributed by atoms with E-state index in [2.05, 4.69) is 21.2 Å². The largest absolute Gasteiger partial charge is 0.490 e. The molecule has 190 valence electrons. The average Bonchev–Trinajstić information content (AvgIpc) is 3.12. The molecular formula is C28H25BrN2O5S. The highest BCUT2D eigenvalue weighted by molar-refractivity contribution is 9.10. The second-order valence-corrected chi connectivity index (χ2v) is 10.1. The summed E-state index contributed by atoms with van der Waals surface area (Å²) in [6.07, 6.45) is 1.66. The third-order valence-corrected chi connectivity index (χ3v) is 6.79. The molecule has 3 aromatic carbocycles. The lowest BCUT2D eigenvalue weighted by atomic mass is 10.1. The first-order valence-electron chi connectivity index (χ1n) is 11.6. The molecule has 1 fully saturated rings. The highest BCUT2D eigenvalue weighted by Gasteiger charge is 2.35. The molecule has 1 saturated heterocycles. The van der Waals surface area contributed by atoms with Crippen molar-refractivity contribution in [1.29, 1.82) is 0 Å². The molecule has 1 aliphatic rings. The van der Waals surface area contributed by atoms with Gasteiger partial charge in [-0.2, -0.15) is 0 Å². The number of hydrogen-bond acceptors (Lipinski definition) is 6. The molecule has 7 nitrogen and oxygen atoms in total. The zero-order valence-corrected chi connectivity index (χ0v) is 22.7. The van der Waals surface area contributed by atoms with Crippen LogP contribution in [0.2, 0.25) is 0 Å². The summed E-state index contributed by atoms with van der Waals surface area (Å²) in [7, 11) is 0. The Kier molecular flexibility index (Phi) is 8.68. The van der Waals surface area contributed by atoms with E-state index in [1.165, 1.54) is 4.90 Å². The lowest BCUT2D eigenvalue weighted by Gasteiger charge is -2.13. The van der Waals surface area contributed by atoms with Crippen LogP contribution in [-0.2, 0) is 16.1 Å². The SMILES string of the molecule is CCOc1cc(/C=C2\SC(=O)N(Cc3ccc(Br)cc3)C2=O)ccc1OCC(=O)Nc1cccc(C)c1. The predicted molar refractivity (Wildman–Crippen MR) is 149 cm³/mol. The number of thioether (sulfide) groups is 1. The molecule has 1 N–H and O–H groups in total. The van der Waals surface area contributed by atoms with Crippen LogP contribution in [0, 0.1) is 6.92 Å². The molecule has 4 rings (SSSR count). The number of nitrogens with one attached hydrogen (secondary N) is 1. The minimum Gasteiger partial charge on any atom is -0.490 e. The van der Waals surface area contributed by atoms with Crippen LogP contribution in [0.1, 0.15) is 23.6 Å². The maximum atomic E-state index is 12.9. The fourth-order valence-electron chi connectivity index (χ4n) is 3.63. The molecule has 0 atom stereocenters. The van der Waals surface area contributed by atoms with E-state index in [-0.39, 0.29) is 30.2 Å². The van der Waals surface area contributed by atoms with E-state index in [1.807, 2.05) is 62.4 Å². The summed E-state index contributed by atoms with van der Waals surface area (Å²) in [5, 5.41) is 2.49. The van der Waals surface area contributed by atoms with E-state index in [4.69, 9.17) is 9.47 Å². The normalized spacial score (nSPS) is 14.2. The minimum atomic E-state index is -0.343. The zero-order valence-electron chi connectivity index (χ0n) is 20.3. The number of hydrogen-bond donors (Lipinski definition) is 1. The molecule has 0 saturated carbocycles. The summed E-state index contributed by atoms with van der Waals surface area (Å²) >= 11 is 4.29. The predicted octanol–water partition coefficient (Wildman–Crippen LogP) is 6.41. The van der Waals surface area contributed by atoms with Gasteiger partial charge < -0.3 is 14.8 Å². The van der Waals surface area contributed by atoms with Crippen molar-refractivity contribution in [2.45, 2.75) is 20.4 Å². The summed E-state index contributed by atoms with van der Waals surface area (Å²) < 4.78 is 12.3. The van der Waals surface area contributed by atoms with Crippen LogP contribution in [0.3, 0.4) is 0 Å². The van der Waals surface area contributed by atoms with Gasteiger partial charge >= 0.3 is 0 Å². The Morgan fingerprint density at radius 3 is 2.54 bits per heavy atom. The molecular weight excluding hydrogens is 556 g/mol. The first-order chi connectivity index (χ1) is 17.8.